The molecule has 0 amide bonds. The van der Waals surface area contributed by atoms with E-state index in [2.05, 4.69) is 132 Å². The number of allylic oxidation sites excluding steroid dienone is 4. The molecular formula is C47H39N3. The summed E-state index contributed by atoms with van der Waals surface area (Å²) in [6.45, 7) is 17.4. The molecule has 3 heteroatoms. The first-order chi connectivity index (χ1) is 24.2. The van der Waals surface area contributed by atoms with Crippen LogP contribution in [0, 0.1) is 0 Å². The van der Waals surface area contributed by atoms with Gasteiger partial charge in [-0.25, -0.2) is 15.0 Å². The van der Waals surface area contributed by atoms with Gasteiger partial charge >= 0.3 is 0 Å². The van der Waals surface area contributed by atoms with Crippen LogP contribution in [0.5, 0.6) is 0 Å². The van der Waals surface area contributed by atoms with E-state index >= 15 is 0 Å². The Hall–Kier alpha value is -5.93. The van der Waals surface area contributed by atoms with E-state index in [0.29, 0.717) is 17.5 Å². The minimum absolute atomic E-state index is 0.0105. The third-order valence-electron chi connectivity index (χ3n) is 11.0. The Morgan fingerprint density at radius 1 is 0.560 bits per heavy atom. The summed E-state index contributed by atoms with van der Waals surface area (Å²) in [5, 5.41) is 5.08. The molecule has 0 fully saturated rings. The Bertz CT molecular complexity index is 2520. The van der Waals surface area contributed by atoms with Crippen molar-refractivity contribution >= 4 is 27.1 Å². The number of rotatable bonds is 6. The molecule has 0 bridgehead atoms. The van der Waals surface area contributed by atoms with Crippen LogP contribution in [0.1, 0.15) is 44.6 Å². The van der Waals surface area contributed by atoms with E-state index in [-0.39, 0.29) is 10.8 Å². The lowest BCUT2D eigenvalue weighted by atomic mass is 9.55. The second kappa shape index (κ2) is 11.9. The van der Waals surface area contributed by atoms with E-state index in [1.165, 1.54) is 43.8 Å². The topological polar surface area (TPSA) is 38.7 Å². The quantitative estimate of drug-likeness (QED) is 0.133. The van der Waals surface area contributed by atoms with Crippen LogP contribution in [0.4, 0.5) is 0 Å². The monoisotopic (exact) mass is 645 g/mol. The maximum absolute atomic E-state index is 4.94. The van der Waals surface area contributed by atoms with Crippen LogP contribution in [0.2, 0.25) is 0 Å². The molecule has 0 N–H and O–H groups in total. The van der Waals surface area contributed by atoms with Crippen molar-refractivity contribution in [3.05, 3.63) is 170 Å². The lowest BCUT2D eigenvalue weighted by molar-refractivity contribution is 0.299. The first kappa shape index (κ1) is 31.3. The van der Waals surface area contributed by atoms with Crippen molar-refractivity contribution in [2.45, 2.75) is 38.5 Å². The van der Waals surface area contributed by atoms with Gasteiger partial charge in [-0.1, -0.05) is 168 Å². The third kappa shape index (κ3) is 4.92. The summed E-state index contributed by atoms with van der Waals surface area (Å²) in [4.78, 5) is 14.7. The Kier molecular flexibility index (Phi) is 7.45. The summed E-state index contributed by atoms with van der Waals surface area (Å²) in [5.41, 5.74) is 10.3. The fourth-order valence-corrected chi connectivity index (χ4v) is 7.60. The van der Waals surface area contributed by atoms with E-state index in [9.17, 15) is 0 Å². The van der Waals surface area contributed by atoms with Crippen LogP contribution < -0.4 is 0 Å². The summed E-state index contributed by atoms with van der Waals surface area (Å²) < 4.78 is 0. The highest BCUT2D eigenvalue weighted by atomic mass is 15.0. The average Bonchev–Trinajstić information content (AvgIpc) is 3.15. The smallest absolute Gasteiger partial charge is 0.164 e. The lowest BCUT2D eigenvalue weighted by Gasteiger charge is -2.48. The number of benzene rings is 6. The molecule has 1 heterocycles. The fourth-order valence-electron chi connectivity index (χ4n) is 7.60. The van der Waals surface area contributed by atoms with Gasteiger partial charge in [0.05, 0.1) is 0 Å². The predicted octanol–water partition coefficient (Wildman–Crippen LogP) is 12.2. The van der Waals surface area contributed by atoms with Crippen LogP contribution in [0.25, 0.3) is 72.1 Å². The van der Waals surface area contributed by atoms with Gasteiger partial charge in [0, 0.05) is 16.7 Å². The molecule has 1 aliphatic carbocycles. The van der Waals surface area contributed by atoms with Crippen molar-refractivity contribution in [2.75, 3.05) is 0 Å². The first-order valence-corrected chi connectivity index (χ1v) is 17.2. The largest absolute Gasteiger partial charge is 0.208 e. The fraction of sp³-hybridized carbons (Fsp3) is 0.128. The minimum Gasteiger partial charge on any atom is -0.208 e. The third-order valence-corrected chi connectivity index (χ3v) is 11.0. The SMILES string of the molecule is C=C/C=C(\C=C)c1nc(-c2ccccc2)nc(-c2cccc(-c3ccc4c(ccc5ccc6c(c54)-c4ccccc4C(C)(C)C6(C)C)c3)c2)n1. The summed E-state index contributed by atoms with van der Waals surface area (Å²) in [6, 6.07) is 43.5. The number of fused-ring (bicyclic) bond motifs is 7. The molecule has 50 heavy (non-hydrogen) atoms. The van der Waals surface area contributed by atoms with E-state index in [1.807, 2.05) is 36.4 Å². The number of hydrogen-bond acceptors (Lipinski definition) is 3. The van der Waals surface area contributed by atoms with Crippen LogP contribution in [0.3, 0.4) is 0 Å². The van der Waals surface area contributed by atoms with E-state index < -0.39 is 0 Å². The second-order valence-electron chi connectivity index (χ2n) is 14.2. The molecule has 8 rings (SSSR count). The zero-order chi connectivity index (χ0) is 34.6. The average molecular weight is 646 g/mol. The Morgan fingerprint density at radius 2 is 1.20 bits per heavy atom. The molecule has 6 aromatic carbocycles. The number of hydrogen-bond donors (Lipinski definition) is 0. The van der Waals surface area contributed by atoms with Crippen LogP contribution in [-0.4, -0.2) is 15.0 Å². The second-order valence-corrected chi connectivity index (χ2v) is 14.2. The lowest BCUT2D eigenvalue weighted by Crippen LogP contribution is -2.43. The van der Waals surface area contributed by atoms with Crippen molar-refractivity contribution in [3.8, 4) is 45.0 Å². The van der Waals surface area contributed by atoms with Gasteiger partial charge in [0.1, 0.15) is 0 Å². The van der Waals surface area contributed by atoms with Gasteiger partial charge in [0.2, 0.25) is 0 Å². The van der Waals surface area contributed by atoms with Gasteiger partial charge in [-0.05, 0) is 77.9 Å². The molecule has 0 saturated carbocycles. The standard InChI is InChI=1S/C47H39N3/c1-7-15-30(8-2)43-48-44(32-16-10-9-11-17-32)50-45(49-43)36-19-14-18-33(29-36)34-24-26-37-35(28-34)23-22-31-25-27-40-42(41(31)37)38-20-12-13-21-39(38)46(3,4)47(40,5)6/h7-29H,1-2H2,3-6H3/b30-15+. The predicted molar refractivity (Wildman–Crippen MR) is 211 cm³/mol. The molecule has 0 atom stereocenters. The maximum atomic E-state index is 4.94. The molecule has 0 radical (unpaired) electrons. The molecule has 7 aromatic rings. The van der Waals surface area contributed by atoms with Crippen molar-refractivity contribution in [1.29, 1.82) is 0 Å². The van der Waals surface area contributed by atoms with Crippen molar-refractivity contribution in [3.63, 3.8) is 0 Å². The normalized spacial score (nSPS) is 14.6. The van der Waals surface area contributed by atoms with E-state index in [0.717, 1.165) is 27.8 Å². The zero-order valence-electron chi connectivity index (χ0n) is 29.0. The summed E-state index contributed by atoms with van der Waals surface area (Å²) in [7, 11) is 0. The van der Waals surface area contributed by atoms with Gasteiger partial charge in [-0.15, -0.1) is 0 Å². The van der Waals surface area contributed by atoms with Crippen LogP contribution in [-0.2, 0) is 10.8 Å². The molecular weight excluding hydrogens is 607 g/mol. The van der Waals surface area contributed by atoms with Gasteiger partial charge in [0.25, 0.3) is 0 Å². The van der Waals surface area contributed by atoms with E-state index in [4.69, 9.17) is 15.0 Å². The Morgan fingerprint density at radius 3 is 1.98 bits per heavy atom. The summed E-state index contributed by atoms with van der Waals surface area (Å²) in [6.07, 6.45) is 5.35. The van der Waals surface area contributed by atoms with Gasteiger partial charge in [-0.2, -0.15) is 0 Å². The molecule has 3 nitrogen and oxygen atoms in total. The van der Waals surface area contributed by atoms with Crippen LogP contribution in [0.15, 0.2) is 153 Å². The number of nitrogens with zero attached hydrogens (tertiary/aromatic N) is 3. The minimum atomic E-state index is -0.0450. The first-order valence-electron chi connectivity index (χ1n) is 17.2. The molecule has 0 unspecified atom stereocenters. The van der Waals surface area contributed by atoms with Crippen molar-refractivity contribution < 1.29 is 0 Å². The molecule has 0 spiro atoms. The zero-order valence-corrected chi connectivity index (χ0v) is 29.0. The Balaban J connectivity index is 1.27. The highest BCUT2D eigenvalue weighted by molar-refractivity contribution is 6.16. The van der Waals surface area contributed by atoms with Crippen molar-refractivity contribution in [2.24, 2.45) is 0 Å². The maximum Gasteiger partial charge on any atom is 0.164 e. The highest BCUT2D eigenvalue weighted by Crippen LogP contribution is 2.56. The molecule has 1 aromatic heterocycles. The highest BCUT2D eigenvalue weighted by Gasteiger charge is 2.46. The van der Waals surface area contributed by atoms with Crippen LogP contribution >= 0.6 is 0 Å². The summed E-state index contributed by atoms with van der Waals surface area (Å²) in [5.74, 6) is 1.78. The molecule has 0 aliphatic heterocycles. The molecule has 1 aliphatic rings. The van der Waals surface area contributed by atoms with Gasteiger partial charge in [0.15, 0.2) is 17.5 Å². The molecule has 242 valence electrons. The van der Waals surface area contributed by atoms with Gasteiger partial charge < -0.3 is 0 Å². The number of aromatic nitrogens is 3. The Labute approximate surface area is 294 Å². The summed E-state index contributed by atoms with van der Waals surface area (Å²) >= 11 is 0. The van der Waals surface area contributed by atoms with Crippen molar-refractivity contribution in [1.82, 2.24) is 15.0 Å². The van der Waals surface area contributed by atoms with E-state index in [1.54, 1.807) is 12.2 Å². The molecule has 0 saturated heterocycles. The van der Waals surface area contributed by atoms with Gasteiger partial charge in [-0.3, -0.25) is 0 Å².